The van der Waals surface area contributed by atoms with Crippen LogP contribution in [0.5, 0.6) is 0 Å². The molecule has 0 aliphatic carbocycles. The third kappa shape index (κ3) is 4.91. The van der Waals surface area contributed by atoms with Crippen LogP contribution in [0.25, 0.3) is 0 Å². The van der Waals surface area contributed by atoms with Crippen molar-refractivity contribution in [2.24, 2.45) is 7.05 Å². The van der Waals surface area contributed by atoms with Gasteiger partial charge in [0.15, 0.2) is 5.82 Å². The van der Waals surface area contributed by atoms with E-state index in [2.05, 4.69) is 39.6 Å². The lowest BCUT2D eigenvalue weighted by atomic mass is 10.00. The minimum absolute atomic E-state index is 0.154. The number of nitrogens with zero attached hydrogens (tertiary/aromatic N) is 5. The fraction of sp³-hybridized carbons (Fsp3) is 0.400. The number of carbonyl (C=O) groups is 1. The monoisotopic (exact) mass is 446 g/mol. The quantitative estimate of drug-likeness (QED) is 0.650. The highest BCUT2D eigenvalue weighted by Gasteiger charge is 2.28. The number of fused-ring (bicyclic) bond motifs is 1. The first-order chi connectivity index (χ1) is 16.0. The predicted octanol–water partition coefficient (Wildman–Crippen LogP) is 2.83. The highest BCUT2D eigenvalue weighted by atomic mass is 16.5. The van der Waals surface area contributed by atoms with Crippen molar-refractivity contribution >= 4 is 17.5 Å². The Morgan fingerprint density at radius 2 is 1.97 bits per heavy atom. The first-order valence-corrected chi connectivity index (χ1v) is 11.5. The molecule has 1 fully saturated rings. The van der Waals surface area contributed by atoms with Crippen LogP contribution in [0.2, 0.25) is 0 Å². The molecule has 3 aromatic rings. The maximum Gasteiger partial charge on any atom is 0.236 e. The molecule has 1 unspecified atom stereocenters. The van der Waals surface area contributed by atoms with E-state index >= 15 is 0 Å². The molecule has 1 aromatic carbocycles. The van der Waals surface area contributed by atoms with Crippen molar-refractivity contribution < 1.29 is 9.53 Å². The first kappa shape index (κ1) is 21.6. The van der Waals surface area contributed by atoms with Gasteiger partial charge in [-0.05, 0) is 36.6 Å². The van der Waals surface area contributed by atoms with E-state index in [1.165, 1.54) is 11.1 Å². The van der Waals surface area contributed by atoms with Crippen LogP contribution >= 0.6 is 0 Å². The molecule has 1 amide bonds. The second-order valence-corrected chi connectivity index (χ2v) is 8.80. The number of benzene rings is 1. The van der Waals surface area contributed by atoms with Gasteiger partial charge in [-0.25, -0.2) is 4.98 Å². The summed E-state index contributed by atoms with van der Waals surface area (Å²) < 4.78 is 7.81. The van der Waals surface area contributed by atoms with Crippen molar-refractivity contribution in [1.29, 1.82) is 0 Å². The molecule has 0 radical (unpaired) electrons. The summed E-state index contributed by atoms with van der Waals surface area (Å²) in [6.07, 6.45) is 0.756. The van der Waals surface area contributed by atoms with Crippen LogP contribution in [0.3, 0.4) is 0 Å². The number of aromatic nitrogens is 3. The minimum Gasteiger partial charge on any atom is -0.368 e. The normalized spacial score (nSPS) is 18.7. The number of carbonyl (C=O) groups excluding carboxylic acids is 1. The van der Waals surface area contributed by atoms with Gasteiger partial charge in [-0.15, -0.1) is 0 Å². The number of ether oxygens (including phenoxy) is 1. The lowest BCUT2D eigenvalue weighted by Gasteiger charge is -2.35. The molecule has 0 saturated carbocycles. The first-order valence-electron chi connectivity index (χ1n) is 11.5. The molecule has 33 heavy (non-hydrogen) atoms. The van der Waals surface area contributed by atoms with Crippen LogP contribution in [0.4, 0.5) is 11.6 Å². The molecule has 2 aliphatic rings. The average molecular weight is 447 g/mol. The van der Waals surface area contributed by atoms with Gasteiger partial charge in [0.05, 0.1) is 25.4 Å². The lowest BCUT2D eigenvalue weighted by molar-refractivity contribution is -0.140. The standard InChI is InChI=1S/C25H30N6O2/c1-18-14-24(28-29(18)2)27-23-9-5-8-21(26-23)22-16-31(12-13-33-22)25(32)17-30-11-10-19-6-3-4-7-20(19)15-30/h3-9,14,22H,10-13,15-17H2,1-2H3,(H,26,27,28). The summed E-state index contributed by atoms with van der Waals surface area (Å²) in [5, 5.41) is 7.68. The largest absolute Gasteiger partial charge is 0.368 e. The Balaban J connectivity index is 1.21. The maximum atomic E-state index is 13.1. The van der Waals surface area contributed by atoms with Gasteiger partial charge >= 0.3 is 0 Å². The third-order valence-corrected chi connectivity index (χ3v) is 6.46. The molecule has 0 spiro atoms. The summed E-state index contributed by atoms with van der Waals surface area (Å²) >= 11 is 0. The number of hydrogen-bond acceptors (Lipinski definition) is 6. The van der Waals surface area contributed by atoms with Crippen LogP contribution in [0.1, 0.15) is 28.6 Å². The van der Waals surface area contributed by atoms with Gasteiger partial charge in [-0.1, -0.05) is 30.3 Å². The Bertz CT molecular complexity index is 1120. The Morgan fingerprint density at radius 3 is 2.79 bits per heavy atom. The van der Waals surface area contributed by atoms with E-state index in [1.807, 2.05) is 47.8 Å². The van der Waals surface area contributed by atoms with Gasteiger partial charge in [0.25, 0.3) is 0 Å². The molecule has 8 nitrogen and oxygen atoms in total. The topological polar surface area (TPSA) is 75.5 Å². The summed E-state index contributed by atoms with van der Waals surface area (Å²) in [7, 11) is 1.91. The number of amides is 1. The zero-order valence-corrected chi connectivity index (χ0v) is 19.2. The zero-order chi connectivity index (χ0) is 22.8. The number of hydrogen-bond donors (Lipinski definition) is 1. The van der Waals surface area contributed by atoms with Gasteiger partial charge in [-0.3, -0.25) is 14.4 Å². The molecule has 172 valence electrons. The molecule has 1 atom stereocenters. The van der Waals surface area contributed by atoms with E-state index < -0.39 is 0 Å². The molecular weight excluding hydrogens is 416 g/mol. The van der Waals surface area contributed by atoms with Crippen molar-refractivity contribution in [3.8, 4) is 0 Å². The van der Waals surface area contributed by atoms with Gasteiger partial charge in [0.2, 0.25) is 5.91 Å². The average Bonchev–Trinajstić information content (AvgIpc) is 3.15. The number of pyridine rings is 1. The number of aryl methyl sites for hydroxylation is 2. The van der Waals surface area contributed by atoms with Crippen molar-refractivity contribution in [2.45, 2.75) is 26.0 Å². The van der Waals surface area contributed by atoms with E-state index in [4.69, 9.17) is 9.72 Å². The molecule has 1 N–H and O–H groups in total. The van der Waals surface area contributed by atoms with E-state index in [9.17, 15) is 4.79 Å². The van der Waals surface area contributed by atoms with E-state index in [0.717, 1.165) is 36.7 Å². The summed E-state index contributed by atoms with van der Waals surface area (Å²) in [6.45, 7) is 5.84. The predicted molar refractivity (Wildman–Crippen MR) is 126 cm³/mol. The van der Waals surface area contributed by atoms with E-state index in [0.29, 0.717) is 32.1 Å². The van der Waals surface area contributed by atoms with Gasteiger partial charge in [0.1, 0.15) is 11.9 Å². The minimum atomic E-state index is -0.239. The van der Waals surface area contributed by atoms with E-state index in [1.54, 1.807) is 0 Å². The van der Waals surface area contributed by atoms with Crippen LogP contribution < -0.4 is 5.32 Å². The SMILES string of the molecule is Cc1cc(Nc2cccc(C3CN(C(=O)CN4CCc5ccccc5C4)CCO3)n2)nn1C. The smallest absolute Gasteiger partial charge is 0.236 e. The molecular formula is C25H30N6O2. The third-order valence-electron chi connectivity index (χ3n) is 6.46. The molecule has 0 bridgehead atoms. The molecule has 8 heteroatoms. The van der Waals surface area contributed by atoms with Gasteiger partial charge in [0, 0.05) is 38.4 Å². The number of rotatable bonds is 5. The van der Waals surface area contributed by atoms with Gasteiger partial charge in [-0.2, -0.15) is 5.10 Å². The summed E-state index contributed by atoms with van der Waals surface area (Å²) in [6, 6.07) is 16.3. The summed E-state index contributed by atoms with van der Waals surface area (Å²) in [5.74, 6) is 1.62. The maximum absolute atomic E-state index is 13.1. The molecule has 2 aromatic heterocycles. The highest BCUT2D eigenvalue weighted by Crippen LogP contribution is 2.24. The fourth-order valence-corrected chi connectivity index (χ4v) is 4.49. The van der Waals surface area contributed by atoms with Crippen LogP contribution in [0, 0.1) is 6.92 Å². The summed E-state index contributed by atoms with van der Waals surface area (Å²) in [4.78, 5) is 22.0. The Hall–Kier alpha value is -3.23. The molecule has 2 aliphatic heterocycles. The zero-order valence-electron chi connectivity index (χ0n) is 19.2. The van der Waals surface area contributed by atoms with Crippen LogP contribution in [0.15, 0.2) is 48.5 Å². The highest BCUT2D eigenvalue weighted by molar-refractivity contribution is 5.78. The van der Waals surface area contributed by atoms with Crippen LogP contribution in [-0.2, 0) is 29.5 Å². The molecule has 4 heterocycles. The Kier molecular flexibility index (Phi) is 6.11. The van der Waals surface area contributed by atoms with Crippen LogP contribution in [-0.4, -0.2) is 63.3 Å². The number of morpholine rings is 1. The summed E-state index contributed by atoms with van der Waals surface area (Å²) in [5.41, 5.74) is 4.61. The molecule has 1 saturated heterocycles. The number of anilines is 2. The Morgan fingerprint density at radius 1 is 1.12 bits per heavy atom. The fourth-order valence-electron chi connectivity index (χ4n) is 4.49. The van der Waals surface area contributed by atoms with Crippen molar-refractivity contribution in [2.75, 3.05) is 38.1 Å². The van der Waals surface area contributed by atoms with Crippen molar-refractivity contribution in [1.82, 2.24) is 24.6 Å². The van der Waals surface area contributed by atoms with Crippen molar-refractivity contribution in [3.05, 3.63) is 71.0 Å². The van der Waals surface area contributed by atoms with Crippen molar-refractivity contribution in [3.63, 3.8) is 0 Å². The second-order valence-electron chi connectivity index (χ2n) is 8.80. The second kappa shape index (κ2) is 9.33. The number of nitrogens with one attached hydrogen (secondary N) is 1. The lowest BCUT2D eigenvalue weighted by Crippen LogP contribution is -2.47. The van der Waals surface area contributed by atoms with Gasteiger partial charge < -0.3 is 15.0 Å². The van der Waals surface area contributed by atoms with E-state index in [-0.39, 0.29) is 12.0 Å². The Labute approximate surface area is 194 Å². The molecule has 5 rings (SSSR count).